The fourth-order valence-electron chi connectivity index (χ4n) is 1.30. The Morgan fingerprint density at radius 1 is 1.11 bits per heavy atom. The van der Waals surface area contributed by atoms with Crippen LogP contribution in [0, 0.1) is 5.92 Å². The molecule has 0 unspecified atom stereocenters. The van der Waals surface area contributed by atoms with Gasteiger partial charge in [-0.15, -0.1) is 0 Å². The van der Waals surface area contributed by atoms with Crippen molar-refractivity contribution in [3.05, 3.63) is 0 Å². The minimum absolute atomic E-state index is 0.0206. The molecule has 0 aromatic rings. The van der Waals surface area contributed by atoms with Crippen LogP contribution in [-0.4, -0.2) is 12.7 Å². The second kappa shape index (κ2) is 3.18. The molecule has 9 heavy (non-hydrogen) atoms. The van der Waals surface area contributed by atoms with Gasteiger partial charge in [-0.1, -0.05) is 0 Å². The van der Waals surface area contributed by atoms with Crippen LogP contribution in [-0.2, 0) is 10.2 Å². The molecular weight excluding hydrogens is 116 g/mol. The van der Waals surface area contributed by atoms with E-state index in [1.165, 1.54) is 0 Å². The van der Waals surface area contributed by atoms with Crippen LogP contribution in [0.4, 0.5) is 0 Å². The summed E-state index contributed by atoms with van der Waals surface area (Å²) in [7, 11) is 0. The van der Waals surface area contributed by atoms with Crippen molar-refractivity contribution in [2.24, 2.45) is 5.92 Å². The van der Waals surface area contributed by atoms with Crippen molar-refractivity contribution >= 4 is 0 Å². The molecule has 0 spiro atoms. The number of hydrogen-bond donors (Lipinski definition) is 0. The first kappa shape index (κ1) is 7.03. The maximum atomic E-state index is 10.7. The largest absolute Gasteiger partial charge is 0.236 e. The Morgan fingerprint density at radius 2 is 1.67 bits per heavy atom. The van der Waals surface area contributed by atoms with Crippen molar-refractivity contribution in [3.8, 4) is 0 Å². The Bertz CT molecular complexity index is 75.0. The summed E-state index contributed by atoms with van der Waals surface area (Å²) in [4.78, 5) is 0. The third-order valence-corrected chi connectivity index (χ3v) is 2.03. The van der Waals surface area contributed by atoms with E-state index < -0.39 is 0 Å². The van der Waals surface area contributed by atoms with Crippen molar-refractivity contribution in [2.75, 3.05) is 6.61 Å². The third kappa shape index (κ3) is 1.95. The molecule has 2 radical (unpaired) electrons. The maximum Gasteiger partial charge on any atom is 0.0930 e. The summed E-state index contributed by atoms with van der Waals surface area (Å²) in [5.41, 5.74) is 0. The zero-order chi connectivity index (χ0) is 6.69. The fourth-order valence-corrected chi connectivity index (χ4v) is 1.30. The molecule has 1 saturated carbocycles. The first-order chi connectivity index (χ1) is 4.33. The molecule has 1 fully saturated rings. The quantitative estimate of drug-likeness (QED) is 0.512. The Kier molecular flexibility index (Phi) is 2.49. The van der Waals surface area contributed by atoms with Gasteiger partial charge in [0.25, 0.3) is 0 Å². The highest BCUT2D eigenvalue weighted by Crippen LogP contribution is 2.23. The lowest BCUT2D eigenvalue weighted by Crippen LogP contribution is -2.18. The van der Waals surface area contributed by atoms with Gasteiger partial charge in [0.15, 0.2) is 0 Å². The zero-order valence-corrected chi connectivity index (χ0v) is 5.51. The highest BCUT2D eigenvalue weighted by atomic mass is 16.3. The Labute approximate surface area is 55.5 Å². The fraction of sp³-hybridized carbons (Fsp3) is 1.00. The summed E-state index contributed by atoms with van der Waals surface area (Å²) in [6, 6.07) is 0. The highest BCUT2D eigenvalue weighted by molar-refractivity contribution is 4.69. The Hall–Kier alpha value is -0.0800. The van der Waals surface area contributed by atoms with E-state index in [4.69, 9.17) is 0 Å². The van der Waals surface area contributed by atoms with Crippen LogP contribution in [0.1, 0.15) is 25.7 Å². The molecule has 0 aliphatic heterocycles. The number of hydrogen-bond acceptors (Lipinski definition) is 0. The van der Waals surface area contributed by atoms with Crippen molar-refractivity contribution < 1.29 is 10.2 Å². The first-order valence-electron chi connectivity index (χ1n) is 3.57. The van der Waals surface area contributed by atoms with Gasteiger partial charge in [-0.3, -0.25) is 0 Å². The molecule has 52 valence electrons. The predicted octanol–water partition coefficient (Wildman–Crippen LogP) is 1.41. The minimum Gasteiger partial charge on any atom is -0.236 e. The summed E-state index contributed by atoms with van der Waals surface area (Å²) in [6.07, 6.45) is 2.84. The second-order valence-electron chi connectivity index (χ2n) is 2.81. The molecule has 1 aliphatic carbocycles. The van der Waals surface area contributed by atoms with E-state index in [2.05, 4.69) is 0 Å². The van der Waals surface area contributed by atoms with Crippen LogP contribution in [0.2, 0.25) is 0 Å². The van der Waals surface area contributed by atoms with E-state index >= 15 is 0 Å². The van der Waals surface area contributed by atoms with Crippen LogP contribution in [0.3, 0.4) is 0 Å². The third-order valence-electron chi connectivity index (χ3n) is 2.03. The molecule has 2 heteroatoms. The monoisotopic (exact) mass is 128 g/mol. The molecule has 0 N–H and O–H groups in total. The van der Waals surface area contributed by atoms with Crippen LogP contribution >= 0.6 is 0 Å². The van der Waals surface area contributed by atoms with E-state index in [1.807, 2.05) is 0 Å². The standard InChI is InChI=1S/C7H12O2/c8-5-6-1-3-7(9)4-2-6/h6-7H,1-5H2. The lowest BCUT2D eigenvalue weighted by atomic mass is 9.88. The van der Waals surface area contributed by atoms with Gasteiger partial charge < -0.3 is 0 Å². The Balaban J connectivity index is 2.18. The molecule has 1 rings (SSSR count). The SMILES string of the molecule is [O]CC1CCC([O])CC1. The van der Waals surface area contributed by atoms with E-state index in [-0.39, 0.29) is 12.7 Å². The summed E-state index contributed by atoms with van der Waals surface area (Å²) < 4.78 is 0. The maximum absolute atomic E-state index is 10.7. The molecule has 2 nitrogen and oxygen atoms in total. The van der Waals surface area contributed by atoms with Gasteiger partial charge in [0, 0.05) is 0 Å². The summed E-state index contributed by atoms with van der Waals surface area (Å²) in [5, 5.41) is 21.0. The van der Waals surface area contributed by atoms with E-state index in [9.17, 15) is 10.2 Å². The first-order valence-corrected chi connectivity index (χ1v) is 3.57. The topological polar surface area (TPSA) is 39.8 Å². The average molecular weight is 128 g/mol. The average Bonchev–Trinajstić information content (AvgIpc) is 1.90. The van der Waals surface area contributed by atoms with E-state index in [0.717, 1.165) is 25.7 Å². The predicted molar refractivity (Wildman–Crippen MR) is 32.0 cm³/mol. The van der Waals surface area contributed by atoms with Crippen LogP contribution in [0.25, 0.3) is 0 Å². The molecule has 0 atom stereocenters. The van der Waals surface area contributed by atoms with Crippen LogP contribution in [0.5, 0.6) is 0 Å². The molecule has 0 heterocycles. The van der Waals surface area contributed by atoms with E-state index in [1.54, 1.807) is 0 Å². The zero-order valence-electron chi connectivity index (χ0n) is 5.51. The van der Waals surface area contributed by atoms with Gasteiger partial charge >= 0.3 is 0 Å². The molecule has 0 saturated heterocycles. The minimum atomic E-state index is -0.368. The molecule has 0 aromatic heterocycles. The lowest BCUT2D eigenvalue weighted by Gasteiger charge is -2.21. The van der Waals surface area contributed by atoms with Gasteiger partial charge in [0.05, 0.1) is 12.7 Å². The van der Waals surface area contributed by atoms with Crippen molar-refractivity contribution in [2.45, 2.75) is 31.8 Å². The Morgan fingerprint density at radius 3 is 2.11 bits per heavy atom. The normalized spacial score (nSPS) is 36.7. The van der Waals surface area contributed by atoms with Crippen LogP contribution < -0.4 is 0 Å². The lowest BCUT2D eigenvalue weighted by molar-refractivity contribution is 0.0237. The molecule has 0 amide bonds. The van der Waals surface area contributed by atoms with Gasteiger partial charge in [0.1, 0.15) is 0 Å². The van der Waals surface area contributed by atoms with Gasteiger partial charge in [0.2, 0.25) is 0 Å². The van der Waals surface area contributed by atoms with Crippen molar-refractivity contribution in [3.63, 3.8) is 0 Å². The van der Waals surface area contributed by atoms with Crippen molar-refractivity contribution in [1.82, 2.24) is 0 Å². The highest BCUT2D eigenvalue weighted by Gasteiger charge is 2.19. The van der Waals surface area contributed by atoms with Gasteiger partial charge in [-0.2, -0.15) is 0 Å². The van der Waals surface area contributed by atoms with E-state index in [0.29, 0.717) is 5.92 Å². The molecule has 0 aromatic carbocycles. The molecule has 0 bridgehead atoms. The number of rotatable bonds is 1. The summed E-state index contributed by atoms with van der Waals surface area (Å²) in [5.74, 6) is 0.315. The van der Waals surface area contributed by atoms with Gasteiger partial charge in [-0.25, -0.2) is 10.2 Å². The summed E-state index contributed by atoms with van der Waals surface area (Å²) >= 11 is 0. The summed E-state index contributed by atoms with van der Waals surface area (Å²) in [6.45, 7) is 0.0206. The second-order valence-corrected chi connectivity index (χ2v) is 2.81. The van der Waals surface area contributed by atoms with Gasteiger partial charge in [-0.05, 0) is 31.6 Å². The molecular formula is C7H12O2. The smallest absolute Gasteiger partial charge is 0.0930 e. The van der Waals surface area contributed by atoms with Crippen LogP contribution in [0.15, 0.2) is 0 Å². The van der Waals surface area contributed by atoms with Crippen molar-refractivity contribution in [1.29, 1.82) is 0 Å². The molecule has 1 aliphatic rings.